The van der Waals surface area contributed by atoms with Gasteiger partial charge in [0.25, 0.3) is 0 Å². The van der Waals surface area contributed by atoms with Gasteiger partial charge < -0.3 is 5.11 Å². The number of rotatable bonds is 1. The topological polar surface area (TPSA) is 50.2 Å². The molecule has 1 aromatic carbocycles. The van der Waals surface area contributed by atoms with Gasteiger partial charge in [-0.3, -0.25) is 0 Å². The van der Waals surface area contributed by atoms with Gasteiger partial charge in [0.2, 0.25) is 0 Å². The Bertz CT molecular complexity index is 742. The van der Waals surface area contributed by atoms with Crippen LogP contribution in [0.1, 0.15) is 21.5 Å². The monoisotopic (exact) mass is 281 g/mol. The SMILES string of the molecule is O=C(O)c1ccc(C#CC#Cc2ccc(Cl)nc2)cc1. The minimum atomic E-state index is -0.959. The van der Waals surface area contributed by atoms with Gasteiger partial charge in [0.05, 0.1) is 5.56 Å². The van der Waals surface area contributed by atoms with E-state index in [9.17, 15) is 4.79 Å². The number of aromatic carboxylic acids is 1. The number of hydrogen-bond donors (Lipinski definition) is 1. The molecule has 2 rings (SSSR count). The Morgan fingerprint density at radius 2 is 1.60 bits per heavy atom. The molecule has 0 saturated carbocycles. The third-order valence-corrected chi connectivity index (χ3v) is 2.56. The van der Waals surface area contributed by atoms with Crippen LogP contribution in [0.25, 0.3) is 0 Å². The molecule has 0 spiro atoms. The van der Waals surface area contributed by atoms with E-state index < -0.39 is 5.97 Å². The first-order valence-corrected chi connectivity index (χ1v) is 6.00. The predicted octanol–water partition coefficient (Wildman–Crippen LogP) is 2.84. The van der Waals surface area contributed by atoms with E-state index in [1.807, 2.05) is 0 Å². The standard InChI is InChI=1S/C16H8ClNO2/c17-15-10-7-13(11-18-15)4-2-1-3-12-5-8-14(9-6-12)16(19)20/h5-11H,(H,19,20). The van der Waals surface area contributed by atoms with Crippen molar-refractivity contribution in [2.75, 3.05) is 0 Å². The number of nitrogens with zero attached hydrogens (tertiary/aromatic N) is 1. The molecule has 0 bridgehead atoms. The molecule has 20 heavy (non-hydrogen) atoms. The Morgan fingerprint density at radius 1 is 1.00 bits per heavy atom. The maximum Gasteiger partial charge on any atom is 0.335 e. The zero-order valence-corrected chi connectivity index (χ0v) is 11.0. The van der Waals surface area contributed by atoms with Crippen LogP contribution in [0.15, 0.2) is 42.6 Å². The van der Waals surface area contributed by atoms with Crippen LogP contribution in [-0.2, 0) is 0 Å². The summed E-state index contributed by atoms with van der Waals surface area (Å²) in [5.41, 5.74) is 1.66. The summed E-state index contributed by atoms with van der Waals surface area (Å²) in [7, 11) is 0. The molecule has 0 aliphatic heterocycles. The number of hydrogen-bond acceptors (Lipinski definition) is 2. The molecule has 3 nitrogen and oxygen atoms in total. The fourth-order valence-corrected chi connectivity index (χ4v) is 1.46. The molecule has 0 radical (unpaired) electrons. The first-order valence-electron chi connectivity index (χ1n) is 5.62. The highest BCUT2D eigenvalue weighted by Gasteiger charge is 1.99. The molecule has 0 aliphatic carbocycles. The number of carboxylic acids is 1. The van der Waals surface area contributed by atoms with E-state index in [-0.39, 0.29) is 5.56 Å². The Labute approximate surface area is 121 Å². The minimum absolute atomic E-state index is 0.230. The van der Waals surface area contributed by atoms with Crippen LogP contribution in [-0.4, -0.2) is 16.1 Å². The van der Waals surface area contributed by atoms with Crippen molar-refractivity contribution >= 4 is 17.6 Å². The molecule has 0 amide bonds. The van der Waals surface area contributed by atoms with Crippen molar-refractivity contribution in [1.29, 1.82) is 0 Å². The molecular formula is C16H8ClNO2. The van der Waals surface area contributed by atoms with Gasteiger partial charge in [0.1, 0.15) is 5.15 Å². The van der Waals surface area contributed by atoms with Crippen LogP contribution in [0.3, 0.4) is 0 Å². The van der Waals surface area contributed by atoms with Crippen LogP contribution < -0.4 is 0 Å². The zero-order valence-electron chi connectivity index (χ0n) is 10.2. The normalized spacial score (nSPS) is 8.85. The largest absolute Gasteiger partial charge is 0.478 e. The van der Waals surface area contributed by atoms with Gasteiger partial charge in [-0.2, -0.15) is 0 Å². The Balaban J connectivity index is 2.08. The molecule has 96 valence electrons. The number of carboxylic acid groups (broad SMARTS) is 1. The van der Waals surface area contributed by atoms with Gasteiger partial charge in [0.15, 0.2) is 0 Å². The number of halogens is 1. The third kappa shape index (κ3) is 3.88. The summed E-state index contributed by atoms with van der Waals surface area (Å²) in [6.07, 6.45) is 1.57. The molecule has 1 N–H and O–H groups in total. The number of benzene rings is 1. The Hall–Kier alpha value is -2.75. The van der Waals surface area contributed by atoms with E-state index in [1.54, 1.807) is 30.5 Å². The summed E-state index contributed by atoms with van der Waals surface area (Å²) in [5.74, 6) is 10.1. The van der Waals surface area contributed by atoms with Crippen molar-refractivity contribution in [3.8, 4) is 23.7 Å². The van der Waals surface area contributed by atoms with Crippen LogP contribution >= 0.6 is 11.6 Å². The minimum Gasteiger partial charge on any atom is -0.478 e. The quantitative estimate of drug-likeness (QED) is 0.646. The van der Waals surface area contributed by atoms with Gasteiger partial charge >= 0.3 is 5.97 Å². The summed E-state index contributed by atoms with van der Waals surface area (Å²) in [6.45, 7) is 0. The third-order valence-electron chi connectivity index (χ3n) is 2.34. The van der Waals surface area contributed by atoms with Crippen molar-refractivity contribution in [2.24, 2.45) is 0 Å². The first-order chi connectivity index (χ1) is 9.65. The van der Waals surface area contributed by atoms with Crippen molar-refractivity contribution in [3.05, 3.63) is 64.4 Å². The lowest BCUT2D eigenvalue weighted by Crippen LogP contribution is -1.94. The lowest BCUT2D eigenvalue weighted by Gasteiger charge is -1.92. The van der Waals surface area contributed by atoms with E-state index in [1.165, 1.54) is 12.1 Å². The van der Waals surface area contributed by atoms with Crippen LogP contribution in [0.2, 0.25) is 5.15 Å². The maximum atomic E-state index is 10.7. The highest BCUT2D eigenvalue weighted by molar-refractivity contribution is 6.29. The zero-order chi connectivity index (χ0) is 14.4. The molecule has 0 unspecified atom stereocenters. The van der Waals surface area contributed by atoms with Gasteiger partial charge in [-0.15, -0.1) is 0 Å². The van der Waals surface area contributed by atoms with E-state index in [2.05, 4.69) is 28.7 Å². The second-order valence-electron chi connectivity index (χ2n) is 3.75. The van der Waals surface area contributed by atoms with E-state index >= 15 is 0 Å². The number of carbonyl (C=O) groups is 1. The molecule has 0 atom stereocenters. The molecule has 0 saturated heterocycles. The van der Waals surface area contributed by atoms with Gasteiger partial charge in [-0.05, 0) is 48.2 Å². The molecular weight excluding hydrogens is 274 g/mol. The van der Waals surface area contributed by atoms with Gasteiger partial charge in [0, 0.05) is 17.3 Å². The fourth-order valence-electron chi connectivity index (χ4n) is 1.35. The molecule has 4 heteroatoms. The highest BCUT2D eigenvalue weighted by Crippen LogP contribution is 2.04. The average molecular weight is 282 g/mol. The van der Waals surface area contributed by atoms with Crippen LogP contribution in [0.4, 0.5) is 0 Å². The fraction of sp³-hybridized carbons (Fsp3) is 0. The Morgan fingerprint density at radius 3 is 2.15 bits per heavy atom. The summed E-state index contributed by atoms with van der Waals surface area (Å²) < 4.78 is 0. The molecule has 1 aromatic heterocycles. The first kappa shape index (κ1) is 13.7. The molecule has 0 aliphatic rings. The van der Waals surface area contributed by atoms with Crippen LogP contribution in [0.5, 0.6) is 0 Å². The molecule has 0 fully saturated rings. The Kier molecular flexibility index (Phi) is 4.39. The molecule has 1 heterocycles. The van der Waals surface area contributed by atoms with Crippen LogP contribution in [0, 0.1) is 23.7 Å². The highest BCUT2D eigenvalue weighted by atomic mass is 35.5. The van der Waals surface area contributed by atoms with Gasteiger partial charge in [-0.1, -0.05) is 23.4 Å². The summed E-state index contributed by atoms with van der Waals surface area (Å²) in [6, 6.07) is 9.70. The lowest BCUT2D eigenvalue weighted by atomic mass is 10.1. The second-order valence-corrected chi connectivity index (χ2v) is 4.14. The van der Waals surface area contributed by atoms with Crippen molar-refractivity contribution in [1.82, 2.24) is 4.98 Å². The average Bonchev–Trinajstić information content (AvgIpc) is 2.46. The summed E-state index contributed by atoms with van der Waals surface area (Å²) >= 11 is 5.66. The summed E-state index contributed by atoms with van der Waals surface area (Å²) in [5, 5.41) is 9.18. The maximum absolute atomic E-state index is 10.7. The molecule has 2 aromatic rings. The predicted molar refractivity (Wildman–Crippen MR) is 76.4 cm³/mol. The van der Waals surface area contributed by atoms with Gasteiger partial charge in [-0.25, -0.2) is 9.78 Å². The van der Waals surface area contributed by atoms with Crippen molar-refractivity contribution < 1.29 is 9.90 Å². The summed E-state index contributed by atoms with van der Waals surface area (Å²) in [4.78, 5) is 14.6. The van der Waals surface area contributed by atoms with Crippen molar-refractivity contribution in [2.45, 2.75) is 0 Å². The number of aromatic nitrogens is 1. The lowest BCUT2D eigenvalue weighted by molar-refractivity contribution is 0.0697. The van der Waals surface area contributed by atoms with E-state index in [4.69, 9.17) is 16.7 Å². The number of pyridine rings is 1. The van der Waals surface area contributed by atoms with Crippen molar-refractivity contribution in [3.63, 3.8) is 0 Å². The van der Waals surface area contributed by atoms with E-state index in [0.717, 1.165) is 5.56 Å². The smallest absolute Gasteiger partial charge is 0.335 e. The second kappa shape index (κ2) is 6.43. The van der Waals surface area contributed by atoms with E-state index in [0.29, 0.717) is 10.7 Å².